The van der Waals surface area contributed by atoms with E-state index in [0.29, 0.717) is 0 Å². The van der Waals surface area contributed by atoms with E-state index in [1.807, 2.05) is 81.3 Å². The van der Waals surface area contributed by atoms with Gasteiger partial charge in [-0.25, -0.2) is 4.98 Å². The second-order valence-corrected chi connectivity index (χ2v) is 11.3. The van der Waals surface area contributed by atoms with E-state index in [1.165, 1.54) is 39.7 Å². The summed E-state index contributed by atoms with van der Waals surface area (Å²) in [6, 6.07) is 19.0. The van der Waals surface area contributed by atoms with E-state index >= 15 is 0 Å². The summed E-state index contributed by atoms with van der Waals surface area (Å²) >= 11 is 0. The molecule has 0 aliphatic carbocycles. The molecule has 1 aromatic heterocycles. The zero-order valence-electron chi connectivity index (χ0n) is 32.1. The monoisotopic (exact) mass is 695 g/mol. The van der Waals surface area contributed by atoms with Gasteiger partial charge in [0.05, 0.1) is 26.0 Å². The number of benzene rings is 2. The first-order valence-electron chi connectivity index (χ1n) is 17.6. The molecule has 3 rings (SSSR count). The molecule has 1 unspecified atom stereocenters. The number of amides is 1. The van der Waals surface area contributed by atoms with Crippen LogP contribution in [0.25, 0.3) is 0 Å². The van der Waals surface area contributed by atoms with Crippen LogP contribution in [0.15, 0.2) is 86.3 Å². The van der Waals surface area contributed by atoms with E-state index in [-0.39, 0.29) is 18.4 Å². The minimum absolute atomic E-state index is 0.00390. The van der Waals surface area contributed by atoms with Crippen LogP contribution >= 0.6 is 0 Å². The van der Waals surface area contributed by atoms with Gasteiger partial charge >= 0.3 is 5.97 Å². The number of aromatic amines is 1. The number of carbonyl (C=O) groups is 4. The highest BCUT2D eigenvalue weighted by Gasteiger charge is 2.25. The molecule has 0 aliphatic rings. The van der Waals surface area contributed by atoms with E-state index in [4.69, 9.17) is 4.79 Å². The molecule has 2 aromatic carbocycles. The lowest BCUT2D eigenvalue weighted by Gasteiger charge is -2.24. The predicted octanol–water partition coefficient (Wildman–Crippen LogP) is 8.13. The van der Waals surface area contributed by atoms with Crippen LogP contribution in [-0.2, 0) is 30.3 Å². The summed E-state index contributed by atoms with van der Waals surface area (Å²) in [6.07, 6.45) is 11.8. The number of imidazole rings is 1. The highest BCUT2D eigenvalue weighted by atomic mass is 16.5. The molecule has 2 atom stereocenters. The lowest BCUT2D eigenvalue weighted by atomic mass is 9.85. The van der Waals surface area contributed by atoms with Crippen molar-refractivity contribution in [1.82, 2.24) is 20.6 Å². The Hall–Kier alpha value is -4.37. The van der Waals surface area contributed by atoms with Gasteiger partial charge < -0.3 is 24.6 Å². The molecule has 0 saturated carbocycles. The maximum Gasteiger partial charge on any atom is 0.319 e. The molecule has 0 aliphatic heterocycles. The second-order valence-electron chi connectivity index (χ2n) is 11.3. The second kappa shape index (κ2) is 35.9. The van der Waals surface area contributed by atoms with Gasteiger partial charge in [0.2, 0.25) is 5.91 Å². The van der Waals surface area contributed by atoms with Crippen molar-refractivity contribution in [3.8, 4) is 0 Å². The molecule has 0 saturated heterocycles. The number of aromatic nitrogens is 2. The third kappa shape index (κ3) is 25.6. The van der Waals surface area contributed by atoms with Gasteiger partial charge in [0, 0.05) is 31.3 Å². The Kier molecular flexibility index (Phi) is 35.9. The minimum atomic E-state index is -0.510. The highest BCUT2D eigenvalue weighted by molar-refractivity contribution is 5.73. The summed E-state index contributed by atoms with van der Waals surface area (Å²) < 4.78 is 4.62. The number of aryl methyl sites for hydroxylation is 1. The molecular weight excluding hydrogens is 628 g/mol. The van der Waals surface area contributed by atoms with Crippen molar-refractivity contribution in [2.24, 2.45) is 11.8 Å². The van der Waals surface area contributed by atoms with Crippen molar-refractivity contribution < 1.29 is 23.9 Å². The Bertz CT molecular complexity index is 1130. The summed E-state index contributed by atoms with van der Waals surface area (Å²) in [5.41, 5.74) is 3.15. The van der Waals surface area contributed by atoms with Gasteiger partial charge in [0.25, 0.3) is 0 Å². The highest BCUT2D eigenvalue weighted by Crippen LogP contribution is 2.27. The molecule has 50 heavy (non-hydrogen) atoms. The van der Waals surface area contributed by atoms with Gasteiger partial charge in [-0.2, -0.15) is 0 Å². The summed E-state index contributed by atoms with van der Waals surface area (Å²) in [5.74, 6) is 1.26. The van der Waals surface area contributed by atoms with Crippen molar-refractivity contribution in [2.45, 2.75) is 99.0 Å². The first kappa shape index (κ1) is 50.0. The van der Waals surface area contributed by atoms with E-state index in [9.17, 15) is 14.4 Å². The van der Waals surface area contributed by atoms with E-state index < -0.39 is 12.0 Å². The number of rotatable bonds is 16. The summed E-state index contributed by atoms with van der Waals surface area (Å²) in [4.78, 5) is 48.3. The smallest absolute Gasteiger partial charge is 0.319 e. The van der Waals surface area contributed by atoms with Crippen LogP contribution in [0.4, 0.5) is 0 Å². The Morgan fingerprint density at radius 2 is 1.46 bits per heavy atom. The Morgan fingerprint density at radius 1 is 0.920 bits per heavy atom. The number of hydrogen-bond acceptors (Lipinski definition) is 7. The lowest BCUT2D eigenvalue weighted by molar-refractivity contribution is -0.139. The Balaban J connectivity index is -0.000000670. The quantitative estimate of drug-likeness (QED) is 0.0597. The Labute approximate surface area is 303 Å². The zero-order chi connectivity index (χ0) is 38.6. The van der Waals surface area contributed by atoms with Gasteiger partial charge in [0.1, 0.15) is 13.1 Å². The number of nitrogens with one attached hydrogen (secondary N) is 3. The number of methoxy groups -OCH3 is 1. The summed E-state index contributed by atoms with van der Waals surface area (Å²) in [5, 5.41) is 5.71. The summed E-state index contributed by atoms with van der Waals surface area (Å²) in [7, 11) is 1.33. The minimum Gasteiger partial charge on any atom is -0.468 e. The van der Waals surface area contributed by atoms with Crippen LogP contribution in [0.5, 0.6) is 0 Å². The Morgan fingerprint density at radius 3 is 1.86 bits per heavy atom. The van der Waals surface area contributed by atoms with E-state index in [1.54, 1.807) is 12.5 Å². The fraction of sp³-hybridized carbons (Fsp3) is 0.488. The molecule has 3 N–H and O–H groups in total. The number of aldehydes is 1. The summed E-state index contributed by atoms with van der Waals surface area (Å²) in [6.45, 7) is 23.5. The van der Waals surface area contributed by atoms with Crippen LogP contribution in [0, 0.1) is 11.8 Å². The number of H-pyrrole nitrogens is 1. The van der Waals surface area contributed by atoms with Crippen molar-refractivity contribution in [2.75, 3.05) is 20.2 Å². The largest absolute Gasteiger partial charge is 0.468 e. The van der Waals surface area contributed by atoms with Crippen LogP contribution in [-0.4, -0.2) is 61.2 Å². The third-order valence-electron chi connectivity index (χ3n) is 7.49. The number of hydrogen-bond donors (Lipinski definition) is 3. The average molecular weight is 695 g/mol. The standard InChI is InChI=1S/C18H19NO3.C10H22.C8H13N3O.C2H6.C2H4.CH2O/c1-22-17(21)12-19-16(13-20)18(14-8-4-2-5-9-14)15-10-6-3-7-11-15;1-5-6-7-8-10(4)9(2)3;1-7(12)10-4-2-3-8-5-9-6-11-8;3*1-2/h2-11,13,16,18-19H,12H2,1H3;9-10H,5-8H2,1-4H3;5-6H,2-4H2,1H3,(H,9,11)(H,10,12);1-2H3;1-2H2;1H2/t16-;;;;;/m0...../s1. The first-order chi connectivity index (χ1) is 24.2. The van der Waals surface area contributed by atoms with Crippen LogP contribution in [0.1, 0.15) is 103 Å². The van der Waals surface area contributed by atoms with E-state index in [2.05, 4.69) is 66.2 Å². The van der Waals surface area contributed by atoms with E-state index in [0.717, 1.165) is 54.3 Å². The molecule has 3 aromatic rings. The molecule has 280 valence electrons. The fourth-order valence-electron chi connectivity index (χ4n) is 4.46. The number of ether oxygens (including phenoxy) is 1. The fourth-order valence-corrected chi connectivity index (χ4v) is 4.46. The molecule has 0 fully saturated rings. The zero-order valence-corrected chi connectivity index (χ0v) is 32.1. The predicted molar refractivity (Wildman–Crippen MR) is 208 cm³/mol. The lowest BCUT2D eigenvalue weighted by Crippen LogP contribution is -2.40. The third-order valence-corrected chi connectivity index (χ3v) is 7.49. The molecule has 1 heterocycles. The maximum absolute atomic E-state index is 11.6. The average Bonchev–Trinajstić information content (AvgIpc) is 3.69. The first-order valence-corrected chi connectivity index (χ1v) is 17.6. The molecule has 1 amide bonds. The van der Waals surface area contributed by atoms with Crippen molar-refractivity contribution in [3.05, 3.63) is 103 Å². The number of carbonyl (C=O) groups excluding carboxylic acids is 4. The van der Waals surface area contributed by atoms with Gasteiger partial charge in [0.15, 0.2) is 0 Å². The van der Waals surface area contributed by atoms with Crippen molar-refractivity contribution in [1.29, 1.82) is 0 Å². The normalized spacial score (nSPS) is 10.7. The molecule has 0 spiro atoms. The van der Waals surface area contributed by atoms with Crippen LogP contribution in [0.2, 0.25) is 0 Å². The van der Waals surface area contributed by atoms with Crippen molar-refractivity contribution in [3.63, 3.8) is 0 Å². The van der Waals surface area contributed by atoms with Gasteiger partial charge in [-0.1, -0.05) is 128 Å². The number of nitrogens with zero attached hydrogens (tertiary/aromatic N) is 1. The molecular formula is C41H66N4O5. The number of unbranched alkanes of at least 4 members (excludes halogenated alkanes) is 2. The van der Waals surface area contributed by atoms with Gasteiger partial charge in [-0.05, 0) is 35.8 Å². The van der Waals surface area contributed by atoms with Gasteiger partial charge in [-0.3, -0.25) is 14.9 Å². The van der Waals surface area contributed by atoms with Crippen LogP contribution < -0.4 is 10.6 Å². The topological polar surface area (TPSA) is 130 Å². The maximum atomic E-state index is 11.6. The molecule has 9 heteroatoms. The molecule has 0 radical (unpaired) electrons. The number of esters is 1. The van der Waals surface area contributed by atoms with Gasteiger partial charge in [-0.15, -0.1) is 13.2 Å². The SMILES string of the molecule is C=C.C=O.CC.CC(=O)NCCCc1cnc[nH]1.CCCCCC(C)C(C)C.COC(=O)CN[C@@H](C=O)C(c1ccccc1)c1ccccc1. The van der Waals surface area contributed by atoms with Crippen molar-refractivity contribution >= 4 is 25.0 Å². The van der Waals surface area contributed by atoms with Crippen LogP contribution in [0.3, 0.4) is 0 Å². The molecule has 0 bridgehead atoms. The molecule has 9 nitrogen and oxygen atoms in total.